The monoisotopic (exact) mass is 375 g/mol. The molecule has 0 heterocycles. The van der Waals surface area contributed by atoms with Gasteiger partial charge in [0.2, 0.25) is 0 Å². The molecule has 1 unspecified atom stereocenters. The number of hydrogen-bond acceptors (Lipinski definition) is 3. The molecule has 1 atom stereocenters. The normalized spacial score (nSPS) is 13.6. The quantitative estimate of drug-likeness (QED) is 0.720. The lowest BCUT2D eigenvalue weighted by Crippen LogP contribution is -2.28. The third-order valence-corrected chi connectivity index (χ3v) is 4.77. The van der Waals surface area contributed by atoms with Gasteiger partial charge in [-0.3, -0.25) is 0 Å². The van der Waals surface area contributed by atoms with Crippen molar-refractivity contribution in [2.24, 2.45) is 11.8 Å². The second kappa shape index (κ2) is 8.91. The van der Waals surface area contributed by atoms with E-state index >= 15 is 0 Å². The summed E-state index contributed by atoms with van der Waals surface area (Å²) in [7, 11) is -2.90. The SMILES string of the molecule is CC(C)CNCC(CCS(C)(=O)=O)Cc1cccc(Br)c1. The van der Waals surface area contributed by atoms with Crippen molar-refractivity contribution in [3.8, 4) is 0 Å². The highest BCUT2D eigenvalue weighted by molar-refractivity contribution is 9.10. The standard InChI is InChI=1S/C16H26BrNO2S/c1-13(2)11-18-12-15(7-8-21(3,19)20)9-14-5-4-6-16(17)10-14/h4-6,10,13,15,18H,7-9,11-12H2,1-3H3. The molecule has 1 aromatic rings. The molecular formula is C16H26BrNO2S. The Balaban J connectivity index is 2.61. The summed E-state index contributed by atoms with van der Waals surface area (Å²) in [5.41, 5.74) is 1.24. The van der Waals surface area contributed by atoms with E-state index < -0.39 is 9.84 Å². The van der Waals surface area contributed by atoms with E-state index in [1.165, 1.54) is 11.8 Å². The summed E-state index contributed by atoms with van der Waals surface area (Å²) in [6.07, 6.45) is 2.92. The first-order chi connectivity index (χ1) is 9.76. The van der Waals surface area contributed by atoms with Crippen LogP contribution in [0, 0.1) is 11.8 Å². The Bertz CT molecular complexity index is 529. The average Bonchev–Trinajstić information content (AvgIpc) is 2.34. The molecule has 0 saturated heterocycles. The van der Waals surface area contributed by atoms with Gasteiger partial charge >= 0.3 is 0 Å². The molecule has 0 fully saturated rings. The van der Waals surface area contributed by atoms with Gasteiger partial charge in [-0.2, -0.15) is 0 Å². The zero-order valence-corrected chi connectivity index (χ0v) is 15.5. The van der Waals surface area contributed by atoms with E-state index in [0.717, 1.165) is 24.0 Å². The summed E-state index contributed by atoms with van der Waals surface area (Å²) in [5.74, 6) is 1.20. The van der Waals surface area contributed by atoms with Crippen LogP contribution in [0.1, 0.15) is 25.8 Å². The second-order valence-electron chi connectivity index (χ2n) is 6.17. The van der Waals surface area contributed by atoms with Crippen molar-refractivity contribution in [2.75, 3.05) is 25.1 Å². The highest BCUT2D eigenvalue weighted by Gasteiger charge is 2.13. The molecule has 0 bridgehead atoms. The number of sulfone groups is 1. The number of hydrogen-bond donors (Lipinski definition) is 1. The summed E-state index contributed by atoms with van der Waals surface area (Å²) in [4.78, 5) is 0. The lowest BCUT2D eigenvalue weighted by molar-refractivity contribution is 0.437. The maximum atomic E-state index is 11.4. The fourth-order valence-electron chi connectivity index (χ4n) is 2.23. The van der Waals surface area contributed by atoms with Crippen LogP contribution < -0.4 is 5.32 Å². The van der Waals surface area contributed by atoms with E-state index in [-0.39, 0.29) is 5.75 Å². The van der Waals surface area contributed by atoms with Crippen molar-refractivity contribution in [2.45, 2.75) is 26.7 Å². The minimum Gasteiger partial charge on any atom is -0.316 e. The number of halogens is 1. The summed E-state index contributed by atoms with van der Waals surface area (Å²) < 4.78 is 23.9. The van der Waals surface area contributed by atoms with E-state index in [1.54, 1.807) is 0 Å². The summed E-state index contributed by atoms with van der Waals surface area (Å²) in [6, 6.07) is 8.23. The van der Waals surface area contributed by atoms with Gasteiger partial charge in [0.1, 0.15) is 9.84 Å². The van der Waals surface area contributed by atoms with Crippen LogP contribution in [0.15, 0.2) is 28.7 Å². The predicted octanol–water partition coefficient (Wildman–Crippen LogP) is 3.29. The first-order valence-corrected chi connectivity index (χ1v) is 10.2. The molecule has 120 valence electrons. The van der Waals surface area contributed by atoms with Crippen LogP contribution in [0.2, 0.25) is 0 Å². The molecule has 0 spiro atoms. The second-order valence-corrected chi connectivity index (χ2v) is 9.35. The largest absolute Gasteiger partial charge is 0.316 e. The summed E-state index contributed by atoms with van der Waals surface area (Å²) >= 11 is 3.48. The average molecular weight is 376 g/mol. The molecule has 0 aliphatic rings. The maximum Gasteiger partial charge on any atom is 0.147 e. The summed E-state index contributed by atoms with van der Waals surface area (Å²) in [5, 5.41) is 3.45. The molecule has 0 aliphatic carbocycles. The minimum absolute atomic E-state index is 0.259. The predicted molar refractivity (Wildman–Crippen MR) is 93.4 cm³/mol. The van der Waals surface area contributed by atoms with E-state index in [4.69, 9.17) is 0 Å². The van der Waals surface area contributed by atoms with Gasteiger partial charge in [-0.15, -0.1) is 0 Å². The van der Waals surface area contributed by atoms with Gasteiger partial charge in [0, 0.05) is 10.7 Å². The highest BCUT2D eigenvalue weighted by atomic mass is 79.9. The van der Waals surface area contributed by atoms with E-state index in [9.17, 15) is 8.42 Å². The molecule has 0 saturated carbocycles. The van der Waals surface area contributed by atoms with Crippen LogP contribution in [0.25, 0.3) is 0 Å². The van der Waals surface area contributed by atoms with Crippen molar-refractivity contribution in [1.29, 1.82) is 0 Å². The Morgan fingerprint density at radius 1 is 1.24 bits per heavy atom. The lowest BCUT2D eigenvalue weighted by Gasteiger charge is -2.18. The summed E-state index contributed by atoms with van der Waals surface area (Å²) in [6.45, 7) is 6.17. The van der Waals surface area contributed by atoms with Gasteiger partial charge in [0.05, 0.1) is 5.75 Å². The van der Waals surface area contributed by atoms with Crippen LogP contribution in [0.5, 0.6) is 0 Å². The molecule has 1 N–H and O–H groups in total. The van der Waals surface area contributed by atoms with Crippen molar-refractivity contribution >= 4 is 25.8 Å². The van der Waals surface area contributed by atoms with Crippen LogP contribution in [-0.4, -0.2) is 33.5 Å². The molecule has 3 nitrogen and oxygen atoms in total. The third-order valence-electron chi connectivity index (χ3n) is 3.30. The van der Waals surface area contributed by atoms with Gasteiger partial charge in [0.15, 0.2) is 0 Å². The Hall–Kier alpha value is -0.390. The van der Waals surface area contributed by atoms with Crippen molar-refractivity contribution in [3.63, 3.8) is 0 Å². The molecule has 0 amide bonds. The van der Waals surface area contributed by atoms with Crippen molar-refractivity contribution in [1.82, 2.24) is 5.32 Å². The first-order valence-electron chi connectivity index (χ1n) is 7.39. The van der Waals surface area contributed by atoms with Gasteiger partial charge < -0.3 is 5.32 Å². The molecule has 1 aromatic carbocycles. The molecule has 0 aromatic heterocycles. The van der Waals surface area contributed by atoms with Crippen LogP contribution in [-0.2, 0) is 16.3 Å². The highest BCUT2D eigenvalue weighted by Crippen LogP contribution is 2.17. The van der Waals surface area contributed by atoms with E-state index in [2.05, 4.69) is 47.2 Å². The fraction of sp³-hybridized carbons (Fsp3) is 0.625. The molecular weight excluding hydrogens is 350 g/mol. The lowest BCUT2D eigenvalue weighted by atomic mass is 9.96. The molecule has 5 heteroatoms. The smallest absolute Gasteiger partial charge is 0.147 e. The Kier molecular flexibility index (Phi) is 7.92. The van der Waals surface area contributed by atoms with Crippen LogP contribution in [0.3, 0.4) is 0 Å². The zero-order chi connectivity index (χ0) is 15.9. The molecule has 0 radical (unpaired) electrons. The minimum atomic E-state index is -2.90. The maximum absolute atomic E-state index is 11.4. The number of nitrogens with one attached hydrogen (secondary N) is 1. The number of rotatable bonds is 9. The van der Waals surface area contributed by atoms with Gasteiger partial charge in [0.25, 0.3) is 0 Å². The third kappa shape index (κ3) is 9.27. The zero-order valence-electron chi connectivity index (χ0n) is 13.1. The number of benzene rings is 1. The molecule has 1 rings (SSSR count). The van der Waals surface area contributed by atoms with Crippen LogP contribution in [0.4, 0.5) is 0 Å². The van der Waals surface area contributed by atoms with Gasteiger partial charge in [-0.05, 0) is 55.5 Å². The van der Waals surface area contributed by atoms with E-state index in [0.29, 0.717) is 18.3 Å². The Morgan fingerprint density at radius 3 is 2.52 bits per heavy atom. The topological polar surface area (TPSA) is 46.2 Å². The van der Waals surface area contributed by atoms with Gasteiger partial charge in [-0.1, -0.05) is 41.9 Å². The van der Waals surface area contributed by atoms with Crippen molar-refractivity contribution in [3.05, 3.63) is 34.3 Å². The Morgan fingerprint density at radius 2 is 1.95 bits per heavy atom. The fourth-order valence-corrected chi connectivity index (χ4v) is 3.44. The van der Waals surface area contributed by atoms with Crippen molar-refractivity contribution < 1.29 is 8.42 Å². The first kappa shape index (κ1) is 18.7. The van der Waals surface area contributed by atoms with E-state index in [1.807, 2.05) is 12.1 Å². The molecule has 21 heavy (non-hydrogen) atoms. The van der Waals surface area contributed by atoms with Crippen LogP contribution >= 0.6 is 15.9 Å². The molecule has 0 aliphatic heterocycles. The Labute approximate surface area is 137 Å². The van der Waals surface area contributed by atoms with Gasteiger partial charge in [-0.25, -0.2) is 8.42 Å².